The van der Waals surface area contributed by atoms with Crippen LogP contribution in [0.3, 0.4) is 0 Å². The summed E-state index contributed by atoms with van der Waals surface area (Å²) in [5.41, 5.74) is 0. The topological polar surface area (TPSA) is 64.4 Å². The summed E-state index contributed by atoms with van der Waals surface area (Å²) in [6.07, 6.45) is 0.278. The lowest BCUT2D eigenvalue weighted by Crippen LogP contribution is -2.56. The summed E-state index contributed by atoms with van der Waals surface area (Å²) in [6.45, 7) is 5.22. The Hall–Kier alpha value is -1.57. The number of piperazine rings is 1. The molecular formula is C10H15N3O2. The van der Waals surface area contributed by atoms with Crippen LogP contribution in [-0.4, -0.2) is 47.3 Å². The van der Waals surface area contributed by atoms with Crippen molar-refractivity contribution in [1.82, 2.24) is 9.80 Å². The van der Waals surface area contributed by atoms with Crippen LogP contribution in [0.4, 0.5) is 0 Å². The van der Waals surface area contributed by atoms with E-state index in [1.54, 1.807) is 4.90 Å². The smallest absolute Gasteiger partial charge is 0.312 e. The highest BCUT2D eigenvalue weighted by Gasteiger charge is 2.33. The van der Waals surface area contributed by atoms with E-state index in [4.69, 9.17) is 5.26 Å². The van der Waals surface area contributed by atoms with Gasteiger partial charge in [0.2, 0.25) is 0 Å². The number of carbonyl (C=O) groups is 2. The fourth-order valence-corrected chi connectivity index (χ4v) is 1.58. The molecule has 82 valence electrons. The molecule has 0 N–H and O–H groups in total. The second-order valence-electron chi connectivity index (χ2n) is 3.79. The lowest BCUT2D eigenvalue weighted by molar-refractivity contribution is -0.157. The number of carbonyl (C=O) groups excluding carboxylic acids is 2. The Morgan fingerprint density at radius 3 is 2.53 bits per heavy atom. The SMILES string of the molecule is CC(C)N1CCN(CCC#N)C(=O)C1=O. The van der Waals surface area contributed by atoms with Crippen LogP contribution in [0.5, 0.6) is 0 Å². The predicted octanol–water partition coefficient (Wildman–Crippen LogP) is -0.0207. The van der Waals surface area contributed by atoms with Crippen molar-refractivity contribution in [2.45, 2.75) is 26.3 Å². The van der Waals surface area contributed by atoms with Crippen molar-refractivity contribution < 1.29 is 9.59 Å². The summed E-state index contributed by atoms with van der Waals surface area (Å²) in [5.74, 6) is -0.931. The van der Waals surface area contributed by atoms with E-state index < -0.39 is 11.8 Å². The highest BCUT2D eigenvalue weighted by Crippen LogP contribution is 2.08. The third-order valence-corrected chi connectivity index (χ3v) is 2.46. The maximum Gasteiger partial charge on any atom is 0.312 e. The van der Waals surface area contributed by atoms with E-state index in [2.05, 4.69) is 0 Å². The maximum atomic E-state index is 11.6. The van der Waals surface area contributed by atoms with Gasteiger partial charge in [-0.3, -0.25) is 9.59 Å². The molecule has 0 radical (unpaired) electrons. The Kier molecular flexibility index (Phi) is 3.67. The van der Waals surface area contributed by atoms with Gasteiger partial charge in [-0.1, -0.05) is 0 Å². The van der Waals surface area contributed by atoms with Crippen molar-refractivity contribution in [2.75, 3.05) is 19.6 Å². The van der Waals surface area contributed by atoms with Gasteiger partial charge in [0, 0.05) is 25.7 Å². The monoisotopic (exact) mass is 209 g/mol. The van der Waals surface area contributed by atoms with Crippen LogP contribution in [0, 0.1) is 11.3 Å². The third-order valence-electron chi connectivity index (χ3n) is 2.46. The number of amides is 2. The Bertz CT molecular complexity index is 306. The van der Waals surface area contributed by atoms with Gasteiger partial charge in [0.1, 0.15) is 0 Å². The average molecular weight is 209 g/mol. The van der Waals surface area contributed by atoms with Crippen molar-refractivity contribution in [3.63, 3.8) is 0 Å². The van der Waals surface area contributed by atoms with Gasteiger partial charge in [0.15, 0.2) is 0 Å². The highest BCUT2D eigenvalue weighted by atomic mass is 16.2. The lowest BCUT2D eigenvalue weighted by Gasteiger charge is -2.35. The van der Waals surface area contributed by atoms with Crippen LogP contribution in [0.2, 0.25) is 0 Å². The molecule has 1 heterocycles. The van der Waals surface area contributed by atoms with Crippen molar-refractivity contribution in [2.24, 2.45) is 0 Å². The molecule has 0 aliphatic carbocycles. The standard InChI is InChI=1S/C10H15N3O2/c1-8(2)13-7-6-12(5-3-4-11)9(14)10(13)15/h8H,3,5-7H2,1-2H3. The molecule has 0 atom stereocenters. The molecule has 1 aliphatic heterocycles. The first kappa shape index (κ1) is 11.5. The Morgan fingerprint density at radius 2 is 2.00 bits per heavy atom. The molecule has 15 heavy (non-hydrogen) atoms. The molecule has 0 aromatic rings. The Morgan fingerprint density at radius 1 is 1.33 bits per heavy atom. The van der Waals surface area contributed by atoms with Crippen molar-refractivity contribution >= 4 is 11.8 Å². The van der Waals surface area contributed by atoms with Gasteiger partial charge in [-0.2, -0.15) is 5.26 Å². The van der Waals surface area contributed by atoms with Crippen LogP contribution < -0.4 is 0 Å². The lowest BCUT2D eigenvalue weighted by atomic mass is 10.2. The molecule has 5 nitrogen and oxygen atoms in total. The molecule has 0 aromatic heterocycles. The summed E-state index contributed by atoms with van der Waals surface area (Å²) < 4.78 is 0. The summed E-state index contributed by atoms with van der Waals surface area (Å²) in [6, 6.07) is 2.02. The second-order valence-corrected chi connectivity index (χ2v) is 3.79. The van der Waals surface area contributed by atoms with E-state index in [0.717, 1.165) is 0 Å². The molecule has 1 aliphatic rings. The van der Waals surface area contributed by atoms with Gasteiger partial charge in [-0.05, 0) is 13.8 Å². The second kappa shape index (κ2) is 4.78. The van der Waals surface area contributed by atoms with E-state index >= 15 is 0 Å². The van der Waals surface area contributed by atoms with Gasteiger partial charge in [-0.15, -0.1) is 0 Å². The fraction of sp³-hybridized carbons (Fsp3) is 0.700. The largest absolute Gasteiger partial charge is 0.332 e. The number of nitrogens with zero attached hydrogens (tertiary/aromatic N) is 3. The zero-order valence-corrected chi connectivity index (χ0v) is 9.06. The van der Waals surface area contributed by atoms with Crippen LogP contribution in [0.1, 0.15) is 20.3 Å². The van der Waals surface area contributed by atoms with Gasteiger partial charge >= 0.3 is 11.8 Å². The third kappa shape index (κ3) is 2.46. The van der Waals surface area contributed by atoms with E-state index in [1.807, 2.05) is 19.9 Å². The zero-order valence-electron chi connectivity index (χ0n) is 9.06. The Labute approximate surface area is 89.3 Å². The summed E-state index contributed by atoms with van der Waals surface area (Å²) in [4.78, 5) is 26.2. The first-order chi connectivity index (χ1) is 7.07. The molecule has 0 saturated carbocycles. The molecule has 1 rings (SSSR count). The highest BCUT2D eigenvalue weighted by molar-refractivity contribution is 6.35. The Balaban J connectivity index is 2.62. The number of hydrogen-bond donors (Lipinski definition) is 0. The minimum absolute atomic E-state index is 0.0552. The minimum atomic E-state index is -0.481. The van der Waals surface area contributed by atoms with E-state index in [1.165, 1.54) is 4.90 Å². The summed E-state index contributed by atoms with van der Waals surface area (Å²) >= 11 is 0. The van der Waals surface area contributed by atoms with Crippen molar-refractivity contribution in [3.8, 4) is 6.07 Å². The van der Waals surface area contributed by atoms with E-state index in [9.17, 15) is 9.59 Å². The molecule has 0 spiro atoms. The molecule has 5 heteroatoms. The van der Waals surface area contributed by atoms with Gasteiger partial charge in [0.05, 0.1) is 12.5 Å². The molecule has 2 amide bonds. The molecule has 1 saturated heterocycles. The van der Waals surface area contributed by atoms with Crippen LogP contribution >= 0.6 is 0 Å². The summed E-state index contributed by atoms with van der Waals surface area (Å²) in [5, 5.41) is 8.41. The van der Waals surface area contributed by atoms with Crippen LogP contribution in [0.25, 0.3) is 0 Å². The number of rotatable bonds is 3. The van der Waals surface area contributed by atoms with Crippen molar-refractivity contribution in [3.05, 3.63) is 0 Å². The summed E-state index contributed by atoms with van der Waals surface area (Å²) in [7, 11) is 0. The van der Waals surface area contributed by atoms with Crippen molar-refractivity contribution in [1.29, 1.82) is 5.26 Å². The van der Waals surface area contributed by atoms with E-state index in [-0.39, 0.29) is 12.5 Å². The van der Waals surface area contributed by atoms with E-state index in [0.29, 0.717) is 19.6 Å². The molecule has 0 bridgehead atoms. The molecule has 1 fully saturated rings. The molecular weight excluding hydrogens is 194 g/mol. The first-order valence-electron chi connectivity index (χ1n) is 5.04. The van der Waals surface area contributed by atoms with Gasteiger partial charge < -0.3 is 9.80 Å². The fourth-order valence-electron chi connectivity index (χ4n) is 1.58. The van der Waals surface area contributed by atoms with Crippen LogP contribution in [0.15, 0.2) is 0 Å². The van der Waals surface area contributed by atoms with Gasteiger partial charge in [-0.25, -0.2) is 0 Å². The average Bonchev–Trinajstić information content (AvgIpc) is 2.20. The zero-order chi connectivity index (χ0) is 11.4. The van der Waals surface area contributed by atoms with Crippen LogP contribution in [-0.2, 0) is 9.59 Å². The number of hydrogen-bond acceptors (Lipinski definition) is 3. The molecule has 0 aromatic carbocycles. The van der Waals surface area contributed by atoms with Gasteiger partial charge in [0.25, 0.3) is 0 Å². The first-order valence-corrected chi connectivity index (χ1v) is 5.04. The minimum Gasteiger partial charge on any atom is -0.332 e. The maximum absolute atomic E-state index is 11.6. The molecule has 0 unspecified atom stereocenters. The normalized spacial score (nSPS) is 17.2. The quantitative estimate of drug-likeness (QED) is 0.613. The predicted molar refractivity (Wildman–Crippen MR) is 53.7 cm³/mol. The number of nitriles is 1.